The van der Waals surface area contributed by atoms with Gasteiger partial charge in [0.05, 0.1) is 11.6 Å². The Balaban J connectivity index is 1.57. The molecule has 2 bridgehead atoms. The van der Waals surface area contributed by atoms with Crippen LogP contribution in [-0.4, -0.2) is 23.7 Å². The largest absolute Gasteiger partial charge is 0.462 e. The minimum atomic E-state index is -0.259. The van der Waals surface area contributed by atoms with Crippen LogP contribution < -0.4 is 10.6 Å². The number of aryl methyl sites for hydroxylation is 1. The summed E-state index contributed by atoms with van der Waals surface area (Å²) in [5.74, 6) is 1.42. The summed E-state index contributed by atoms with van der Waals surface area (Å²) in [6.07, 6.45) is 5.31. The zero-order chi connectivity index (χ0) is 15.7. The predicted molar refractivity (Wildman–Crippen MR) is 93.6 cm³/mol. The van der Waals surface area contributed by atoms with Crippen LogP contribution in [0.3, 0.4) is 0 Å². The van der Waals surface area contributed by atoms with Crippen molar-refractivity contribution in [3.63, 3.8) is 0 Å². The van der Waals surface area contributed by atoms with E-state index in [1.54, 1.807) is 0 Å². The Kier molecular flexibility index (Phi) is 4.68. The van der Waals surface area contributed by atoms with E-state index in [1.165, 1.54) is 37.0 Å². The van der Waals surface area contributed by atoms with E-state index >= 15 is 0 Å². The monoisotopic (exact) mass is 338 g/mol. The Bertz CT molecular complexity index is 585. The van der Waals surface area contributed by atoms with Crippen molar-refractivity contribution < 1.29 is 9.53 Å². The summed E-state index contributed by atoms with van der Waals surface area (Å²) in [5, 5.41) is 8.22. The Labute approximate surface area is 140 Å². The number of carbonyl (C=O) groups excluding carboxylic acids is 1. The number of ether oxygens (including phenoxy) is 1. The van der Waals surface area contributed by atoms with E-state index in [0.29, 0.717) is 22.6 Å². The minimum absolute atomic E-state index is 0.259. The van der Waals surface area contributed by atoms with E-state index < -0.39 is 0 Å². The topological polar surface area (TPSA) is 50.4 Å². The molecule has 2 aliphatic rings. The molecule has 2 saturated carbocycles. The Morgan fingerprint density at radius 3 is 2.91 bits per heavy atom. The van der Waals surface area contributed by atoms with E-state index in [1.807, 2.05) is 19.9 Å². The van der Waals surface area contributed by atoms with Gasteiger partial charge in [0.2, 0.25) is 0 Å². The molecule has 2 fully saturated rings. The van der Waals surface area contributed by atoms with E-state index in [4.69, 9.17) is 17.0 Å². The second kappa shape index (κ2) is 6.54. The molecule has 2 N–H and O–H groups in total. The summed E-state index contributed by atoms with van der Waals surface area (Å²) in [6, 6.07) is 2.47. The molecular weight excluding hydrogens is 316 g/mol. The molecule has 1 heterocycles. The molecule has 0 amide bonds. The lowest BCUT2D eigenvalue weighted by Crippen LogP contribution is -2.40. The van der Waals surface area contributed by atoms with Crippen molar-refractivity contribution in [2.45, 2.75) is 45.6 Å². The maximum Gasteiger partial charge on any atom is 0.348 e. The number of rotatable bonds is 4. The highest BCUT2D eigenvalue weighted by Crippen LogP contribution is 2.44. The number of hydrogen-bond acceptors (Lipinski definition) is 4. The van der Waals surface area contributed by atoms with Gasteiger partial charge in [0.15, 0.2) is 5.11 Å². The zero-order valence-electron chi connectivity index (χ0n) is 13.0. The highest BCUT2D eigenvalue weighted by molar-refractivity contribution is 7.80. The first kappa shape index (κ1) is 15.7. The normalized spacial score (nSPS) is 26.0. The lowest BCUT2D eigenvalue weighted by molar-refractivity contribution is 0.0531. The van der Waals surface area contributed by atoms with Crippen LogP contribution in [-0.2, 0) is 4.74 Å². The summed E-state index contributed by atoms with van der Waals surface area (Å²) >= 11 is 6.82. The highest BCUT2D eigenvalue weighted by atomic mass is 32.1. The SMILES string of the molecule is CCOC(=O)c1sc(NC(=S)NC2CC3CCC2C3)cc1C. The molecule has 1 aromatic rings. The molecule has 2 aliphatic carbocycles. The molecule has 3 unspecified atom stereocenters. The second-order valence-corrected chi connectivity index (χ2v) is 7.68. The lowest BCUT2D eigenvalue weighted by atomic mass is 9.96. The molecular formula is C16H22N2O2S2. The van der Waals surface area contributed by atoms with Crippen LogP contribution in [0.5, 0.6) is 0 Å². The van der Waals surface area contributed by atoms with Gasteiger partial charge in [-0.05, 0) is 68.8 Å². The summed E-state index contributed by atoms with van der Waals surface area (Å²) in [7, 11) is 0. The third-order valence-corrected chi connectivity index (χ3v) is 6.02. The molecule has 120 valence electrons. The fourth-order valence-electron chi connectivity index (χ4n) is 3.68. The molecule has 3 rings (SSSR count). The standard InChI is InChI=1S/C16H22N2O2S2/c1-3-20-15(19)14-9(2)6-13(22-14)18-16(21)17-12-8-10-4-5-11(12)7-10/h6,10-12H,3-5,7-8H2,1-2H3,(H2,17,18,21). The van der Waals surface area contributed by atoms with Crippen LogP contribution in [0.1, 0.15) is 47.8 Å². The third-order valence-electron chi connectivity index (χ3n) is 4.67. The van der Waals surface area contributed by atoms with Gasteiger partial charge in [0, 0.05) is 6.04 Å². The van der Waals surface area contributed by atoms with E-state index in [9.17, 15) is 4.79 Å². The van der Waals surface area contributed by atoms with Crippen molar-refractivity contribution in [2.24, 2.45) is 11.8 Å². The molecule has 22 heavy (non-hydrogen) atoms. The van der Waals surface area contributed by atoms with Crippen molar-refractivity contribution in [3.8, 4) is 0 Å². The number of thiocarbonyl (C=S) groups is 1. The summed E-state index contributed by atoms with van der Waals surface area (Å²) < 4.78 is 5.06. The molecule has 1 aromatic heterocycles. The van der Waals surface area contributed by atoms with Gasteiger partial charge < -0.3 is 15.4 Å². The predicted octanol–water partition coefficient (Wildman–Crippen LogP) is 3.71. The van der Waals surface area contributed by atoms with Crippen molar-refractivity contribution >= 4 is 39.6 Å². The summed E-state index contributed by atoms with van der Waals surface area (Å²) in [6.45, 7) is 4.12. The highest BCUT2D eigenvalue weighted by Gasteiger charge is 2.39. The number of anilines is 1. The molecule has 3 atom stereocenters. The quantitative estimate of drug-likeness (QED) is 0.647. The molecule has 0 saturated heterocycles. The van der Waals surface area contributed by atoms with Crippen LogP contribution in [0.2, 0.25) is 0 Å². The van der Waals surface area contributed by atoms with Crippen LogP contribution >= 0.6 is 23.6 Å². The van der Waals surface area contributed by atoms with E-state index in [2.05, 4.69) is 10.6 Å². The van der Waals surface area contributed by atoms with Crippen molar-refractivity contribution in [2.75, 3.05) is 11.9 Å². The molecule has 0 aliphatic heterocycles. The minimum Gasteiger partial charge on any atom is -0.462 e. The van der Waals surface area contributed by atoms with Crippen LogP contribution in [0, 0.1) is 18.8 Å². The summed E-state index contributed by atoms with van der Waals surface area (Å²) in [5.41, 5.74) is 0.925. The molecule has 6 heteroatoms. The van der Waals surface area contributed by atoms with Crippen LogP contribution in [0.15, 0.2) is 6.07 Å². The third kappa shape index (κ3) is 3.27. The van der Waals surface area contributed by atoms with Crippen molar-refractivity contribution in [1.82, 2.24) is 5.32 Å². The van der Waals surface area contributed by atoms with Gasteiger partial charge in [-0.2, -0.15) is 0 Å². The molecule has 0 spiro atoms. The first-order chi connectivity index (χ1) is 10.6. The van der Waals surface area contributed by atoms with Gasteiger partial charge in [-0.15, -0.1) is 11.3 Å². The fourth-order valence-corrected chi connectivity index (χ4v) is 4.98. The Morgan fingerprint density at radius 1 is 1.45 bits per heavy atom. The van der Waals surface area contributed by atoms with Crippen LogP contribution in [0.4, 0.5) is 5.00 Å². The maximum absolute atomic E-state index is 11.8. The number of esters is 1. The van der Waals surface area contributed by atoms with Crippen molar-refractivity contribution in [1.29, 1.82) is 0 Å². The number of nitrogens with one attached hydrogen (secondary N) is 2. The van der Waals surface area contributed by atoms with Gasteiger partial charge in [0.1, 0.15) is 4.88 Å². The van der Waals surface area contributed by atoms with Gasteiger partial charge in [-0.3, -0.25) is 0 Å². The number of fused-ring (bicyclic) bond motifs is 2. The number of thiophene rings is 1. The van der Waals surface area contributed by atoms with Gasteiger partial charge in [-0.25, -0.2) is 4.79 Å². The number of hydrogen-bond donors (Lipinski definition) is 2. The zero-order valence-corrected chi connectivity index (χ0v) is 14.6. The molecule has 0 aromatic carbocycles. The van der Waals surface area contributed by atoms with Crippen LogP contribution in [0.25, 0.3) is 0 Å². The average molecular weight is 338 g/mol. The van der Waals surface area contributed by atoms with Gasteiger partial charge in [0.25, 0.3) is 0 Å². The van der Waals surface area contributed by atoms with Gasteiger partial charge >= 0.3 is 5.97 Å². The molecule has 0 radical (unpaired) electrons. The smallest absolute Gasteiger partial charge is 0.348 e. The summed E-state index contributed by atoms with van der Waals surface area (Å²) in [4.78, 5) is 12.5. The molecule has 4 nitrogen and oxygen atoms in total. The van der Waals surface area contributed by atoms with E-state index in [0.717, 1.165) is 22.4 Å². The first-order valence-electron chi connectivity index (χ1n) is 7.92. The fraction of sp³-hybridized carbons (Fsp3) is 0.625. The van der Waals surface area contributed by atoms with Crippen molar-refractivity contribution in [3.05, 3.63) is 16.5 Å². The Morgan fingerprint density at radius 2 is 2.27 bits per heavy atom. The van der Waals surface area contributed by atoms with Gasteiger partial charge in [-0.1, -0.05) is 6.42 Å². The number of carbonyl (C=O) groups is 1. The first-order valence-corrected chi connectivity index (χ1v) is 9.14. The maximum atomic E-state index is 11.8. The second-order valence-electron chi connectivity index (χ2n) is 6.22. The Hall–Kier alpha value is -1.14. The van der Waals surface area contributed by atoms with E-state index in [-0.39, 0.29) is 5.97 Å². The average Bonchev–Trinajstić information content (AvgIpc) is 3.14. The lowest BCUT2D eigenvalue weighted by Gasteiger charge is -2.24.